The summed E-state index contributed by atoms with van der Waals surface area (Å²) in [5.41, 5.74) is 1.26. The first kappa shape index (κ1) is 12.6. The molecule has 0 amide bonds. The Morgan fingerprint density at radius 2 is 1.81 bits per heavy atom. The highest BCUT2D eigenvalue weighted by molar-refractivity contribution is 5.59. The first-order valence-electron chi connectivity index (χ1n) is 5.66. The Kier molecular flexibility index (Phi) is 6.07. The summed E-state index contributed by atoms with van der Waals surface area (Å²) in [5, 5.41) is 0. The summed E-state index contributed by atoms with van der Waals surface area (Å²) in [5.74, 6) is 0. The number of rotatable bonds is 6. The van der Waals surface area contributed by atoms with E-state index in [-0.39, 0.29) is 0 Å². The van der Waals surface area contributed by atoms with E-state index in [0.29, 0.717) is 13.2 Å². The lowest BCUT2D eigenvalue weighted by Gasteiger charge is -2.05. The fraction of sp³-hybridized carbons (Fsp3) is 0.462. The molecule has 0 spiro atoms. The molecule has 1 aromatic carbocycles. The van der Waals surface area contributed by atoms with Gasteiger partial charge in [-0.1, -0.05) is 37.3 Å². The van der Waals surface area contributed by atoms with Gasteiger partial charge in [0.25, 0.3) is 0 Å². The van der Waals surface area contributed by atoms with Crippen molar-refractivity contribution in [2.45, 2.75) is 26.2 Å². The highest BCUT2D eigenvalue weighted by Gasteiger charge is 2.01. The Morgan fingerprint density at radius 3 is 2.50 bits per heavy atom. The summed E-state index contributed by atoms with van der Waals surface area (Å²) < 4.78 is 9.69. The molecule has 0 bridgehead atoms. The second-order valence-electron chi connectivity index (χ2n) is 3.54. The van der Waals surface area contributed by atoms with Crippen molar-refractivity contribution in [2.75, 3.05) is 13.2 Å². The maximum absolute atomic E-state index is 11.0. The van der Waals surface area contributed by atoms with Crippen LogP contribution in [0, 0.1) is 0 Å². The number of ether oxygens (including phenoxy) is 2. The van der Waals surface area contributed by atoms with Crippen LogP contribution in [0.1, 0.15) is 25.3 Å². The molecule has 0 aliphatic heterocycles. The van der Waals surface area contributed by atoms with Crippen molar-refractivity contribution in [3.8, 4) is 0 Å². The van der Waals surface area contributed by atoms with Crippen LogP contribution in [0.5, 0.6) is 0 Å². The molecule has 0 aromatic heterocycles. The third-order valence-corrected chi connectivity index (χ3v) is 2.10. The van der Waals surface area contributed by atoms with Crippen LogP contribution in [0.3, 0.4) is 0 Å². The number of benzene rings is 1. The molecule has 1 aromatic rings. The zero-order valence-corrected chi connectivity index (χ0v) is 9.65. The van der Waals surface area contributed by atoms with Gasteiger partial charge >= 0.3 is 6.16 Å². The van der Waals surface area contributed by atoms with Crippen LogP contribution >= 0.6 is 0 Å². The third kappa shape index (κ3) is 5.39. The fourth-order valence-electron chi connectivity index (χ4n) is 1.30. The van der Waals surface area contributed by atoms with Crippen molar-refractivity contribution in [1.82, 2.24) is 0 Å². The molecule has 1 rings (SSSR count). The summed E-state index contributed by atoms with van der Waals surface area (Å²) >= 11 is 0. The van der Waals surface area contributed by atoms with Crippen molar-refractivity contribution < 1.29 is 14.3 Å². The first-order chi connectivity index (χ1) is 7.83. The molecule has 0 unspecified atom stereocenters. The first-order valence-corrected chi connectivity index (χ1v) is 5.66. The maximum Gasteiger partial charge on any atom is 0.508 e. The molecule has 0 saturated carbocycles. The average molecular weight is 222 g/mol. The zero-order valence-electron chi connectivity index (χ0n) is 9.65. The van der Waals surface area contributed by atoms with Gasteiger partial charge in [-0.2, -0.15) is 0 Å². The predicted octanol–water partition coefficient (Wildman–Crippen LogP) is 3.18. The van der Waals surface area contributed by atoms with Crippen LogP contribution in [-0.4, -0.2) is 19.4 Å². The van der Waals surface area contributed by atoms with E-state index in [1.807, 2.05) is 25.1 Å². The second kappa shape index (κ2) is 7.74. The highest BCUT2D eigenvalue weighted by atomic mass is 16.7. The van der Waals surface area contributed by atoms with E-state index in [0.717, 1.165) is 19.3 Å². The summed E-state index contributed by atoms with van der Waals surface area (Å²) in [4.78, 5) is 11.0. The largest absolute Gasteiger partial charge is 0.508 e. The number of carbonyl (C=O) groups is 1. The molecule has 88 valence electrons. The van der Waals surface area contributed by atoms with Crippen molar-refractivity contribution in [2.24, 2.45) is 0 Å². The summed E-state index contributed by atoms with van der Waals surface area (Å²) in [6, 6.07) is 10.1. The van der Waals surface area contributed by atoms with Gasteiger partial charge in [0.1, 0.15) is 0 Å². The van der Waals surface area contributed by atoms with Crippen LogP contribution in [0.4, 0.5) is 4.79 Å². The molecule has 0 radical (unpaired) electrons. The van der Waals surface area contributed by atoms with E-state index in [1.54, 1.807) is 0 Å². The Balaban J connectivity index is 2.06. The van der Waals surface area contributed by atoms with Crippen LogP contribution in [0.15, 0.2) is 30.3 Å². The van der Waals surface area contributed by atoms with Gasteiger partial charge in [-0.05, 0) is 24.8 Å². The molecule has 0 aliphatic carbocycles. The molecule has 16 heavy (non-hydrogen) atoms. The van der Waals surface area contributed by atoms with E-state index in [4.69, 9.17) is 9.47 Å². The lowest BCUT2D eigenvalue weighted by molar-refractivity contribution is 0.0547. The Labute approximate surface area is 96.4 Å². The molecule has 0 N–H and O–H groups in total. The normalized spacial score (nSPS) is 9.81. The van der Waals surface area contributed by atoms with Crippen LogP contribution in [0.2, 0.25) is 0 Å². The molecule has 0 heterocycles. The number of carbonyl (C=O) groups excluding carboxylic acids is 1. The van der Waals surface area contributed by atoms with E-state index >= 15 is 0 Å². The number of hydrogen-bond acceptors (Lipinski definition) is 3. The van der Waals surface area contributed by atoms with E-state index < -0.39 is 6.16 Å². The van der Waals surface area contributed by atoms with Gasteiger partial charge in [-0.3, -0.25) is 0 Å². The Hall–Kier alpha value is -1.51. The van der Waals surface area contributed by atoms with Crippen LogP contribution < -0.4 is 0 Å². The minimum atomic E-state index is -0.560. The minimum Gasteiger partial charge on any atom is -0.434 e. The smallest absolute Gasteiger partial charge is 0.434 e. The van der Waals surface area contributed by atoms with Gasteiger partial charge in [0.15, 0.2) is 0 Å². The van der Waals surface area contributed by atoms with E-state index in [9.17, 15) is 4.79 Å². The standard InChI is InChI=1S/C13H18O3/c1-2-10-15-13(14)16-11-6-9-12-7-4-3-5-8-12/h3-5,7-8H,2,6,9-11H2,1H3. The monoisotopic (exact) mass is 222 g/mol. The van der Waals surface area contributed by atoms with E-state index in [1.165, 1.54) is 5.56 Å². The molecule has 0 aliphatic rings. The van der Waals surface area contributed by atoms with Gasteiger partial charge < -0.3 is 9.47 Å². The van der Waals surface area contributed by atoms with Crippen molar-refractivity contribution in [1.29, 1.82) is 0 Å². The predicted molar refractivity (Wildman–Crippen MR) is 62.4 cm³/mol. The van der Waals surface area contributed by atoms with Gasteiger partial charge in [0.2, 0.25) is 0 Å². The Bertz CT molecular complexity index is 295. The lowest BCUT2D eigenvalue weighted by atomic mass is 10.1. The SMILES string of the molecule is CCCOC(=O)OCCCc1ccccc1. The average Bonchev–Trinajstić information content (AvgIpc) is 2.33. The topological polar surface area (TPSA) is 35.5 Å². The third-order valence-electron chi connectivity index (χ3n) is 2.10. The minimum absolute atomic E-state index is 0.414. The molecule has 3 nitrogen and oxygen atoms in total. The second-order valence-corrected chi connectivity index (χ2v) is 3.54. The number of hydrogen-bond donors (Lipinski definition) is 0. The van der Waals surface area contributed by atoms with E-state index in [2.05, 4.69) is 12.1 Å². The van der Waals surface area contributed by atoms with Gasteiger partial charge in [0, 0.05) is 0 Å². The highest BCUT2D eigenvalue weighted by Crippen LogP contribution is 2.02. The summed E-state index contributed by atoms with van der Waals surface area (Å²) in [6.45, 7) is 2.79. The lowest BCUT2D eigenvalue weighted by Crippen LogP contribution is -2.09. The molecule has 0 fully saturated rings. The fourth-order valence-corrected chi connectivity index (χ4v) is 1.30. The molecule has 0 atom stereocenters. The Morgan fingerprint density at radius 1 is 1.12 bits per heavy atom. The summed E-state index contributed by atoms with van der Waals surface area (Å²) in [7, 11) is 0. The van der Waals surface area contributed by atoms with Gasteiger partial charge in [-0.25, -0.2) is 4.79 Å². The zero-order chi connectivity index (χ0) is 11.6. The van der Waals surface area contributed by atoms with Crippen LogP contribution in [-0.2, 0) is 15.9 Å². The quantitative estimate of drug-likeness (QED) is 0.547. The number of aryl methyl sites for hydroxylation is 1. The van der Waals surface area contributed by atoms with Crippen molar-refractivity contribution in [3.05, 3.63) is 35.9 Å². The van der Waals surface area contributed by atoms with Gasteiger partial charge in [-0.15, -0.1) is 0 Å². The summed E-state index contributed by atoms with van der Waals surface area (Å²) in [6.07, 6.45) is 2.00. The maximum atomic E-state index is 11.0. The molecular formula is C13H18O3. The van der Waals surface area contributed by atoms with Crippen molar-refractivity contribution in [3.63, 3.8) is 0 Å². The van der Waals surface area contributed by atoms with Gasteiger partial charge in [0.05, 0.1) is 13.2 Å². The van der Waals surface area contributed by atoms with Crippen molar-refractivity contribution >= 4 is 6.16 Å². The molecule has 3 heteroatoms. The van der Waals surface area contributed by atoms with Crippen LogP contribution in [0.25, 0.3) is 0 Å². The molecular weight excluding hydrogens is 204 g/mol. The molecule has 0 saturated heterocycles.